The van der Waals surface area contributed by atoms with Gasteiger partial charge in [0.2, 0.25) is 0 Å². The van der Waals surface area contributed by atoms with Crippen LogP contribution in [-0.2, 0) is 9.47 Å². The summed E-state index contributed by atoms with van der Waals surface area (Å²) in [6, 6.07) is 0.656. The minimum Gasteiger partial charge on any atom is -0.381 e. The monoisotopic (exact) mass is 199 g/mol. The molecular weight excluding hydrogens is 178 g/mol. The predicted molar refractivity (Wildman–Crippen MR) is 55.4 cm³/mol. The van der Waals surface area contributed by atoms with Crippen LogP contribution in [0.4, 0.5) is 0 Å². The maximum absolute atomic E-state index is 5.76. The fraction of sp³-hybridized carbons (Fsp3) is 1.00. The van der Waals surface area contributed by atoms with Gasteiger partial charge in [0.1, 0.15) is 0 Å². The minimum absolute atomic E-state index is 0.452. The highest BCUT2D eigenvalue weighted by atomic mass is 16.5. The van der Waals surface area contributed by atoms with E-state index in [1.54, 1.807) is 0 Å². The highest BCUT2D eigenvalue weighted by Crippen LogP contribution is 2.18. The molecule has 2 rings (SSSR count). The largest absolute Gasteiger partial charge is 0.381 e. The predicted octanol–water partition coefficient (Wildman–Crippen LogP) is 1.32. The summed E-state index contributed by atoms with van der Waals surface area (Å²) in [5.41, 5.74) is 0. The molecule has 2 saturated heterocycles. The summed E-state index contributed by atoms with van der Waals surface area (Å²) in [7, 11) is 0. The molecule has 0 aromatic carbocycles. The van der Waals surface area contributed by atoms with E-state index in [2.05, 4.69) is 12.2 Å². The number of nitrogens with one attached hydrogen (secondary N) is 1. The van der Waals surface area contributed by atoms with Gasteiger partial charge in [-0.25, -0.2) is 0 Å². The van der Waals surface area contributed by atoms with Crippen LogP contribution in [0.2, 0.25) is 0 Å². The third-order valence-electron chi connectivity index (χ3n) is 3.18. The van der Waals surface area contributed by atoms with Crippen molar-refractivity contribution in [3.05, 3.63) is 0 Å². The average molecular weight is 199 g/mol. The molecule has 0 radical (unpaired) electrons. The van der Waals surface area contributed by atoms with E-state index in [0.29, 0.717) is 18.2 Å². The summed E-state index contributed by atoms with van der Waals surface area (Å²) in [5, 5.41) is 3.58. The van der Waals surface area contributed by atoms with Crippen LogP contribution in [-0.4, -0.2) is 38.0 Å². The van der Waals surface area contributed by atoms with E-state index >= 15 is 0 Å². The van der Waals surface area contributed by atoms with Gasteiger partial charge >= 0.3 is 0 Å². The third kappa shape index (κ3) is 2.94. The molecule has 0 saturated carbocycles. The van der Waals surface area contributed by atoms with Crippen LogP contribution in [0.1, 0.15) is 32.6 Å². The summed E-state index contributed by atoms with van der Waals surface area (Å²) in [6.07, 6.45) is 5.67. The third-order valence-corrected chi connectivity index (χ3v) is 3.18. The Labute approximate surface area is 86.2 Å². The minimum atomic E-state index is 0.452. The second-order valence-corrected chi connectivity index (χ2v) is 4.44. The fourth-order valence-corrected chi connectivity index (χ4v) is 2.24. The zero-order chi connectivity index (χ0) is 9.80. The Bertz CT molecular complexity index is 164. The Balaban J connectivity index is 1.61. The summed E-state index contributed by atoms with van der Waals surface area (Å²) >= 11 is 0. The molecule has 82 valence electrons. The van der Waals surface area contributed by atoms with Crippen molar-refractivity contribution in [2.75, 3.05) is 19.8 Å². The lowest BCUT2D eigenvalue weighted by Crippen LogP contribution is -2.39. The first-order valence-corrected chi connectivity index (χ1v) is 5.81. The second-order valence-electron chi connectivity index (χ2n) is 4.44. The molecule has 2 atom stereocenters. The quantitative estimate of drug-likeness (QED) is 0.743. The molecule has 14 heavy (non-hydrogen) atoms. The van der Waals surface area contributed by atoms with E-state index in [4.69, 9.17) is 9.47 Å². The maximum atomic E-state index is 5.76. The van der Waals surface area contributed by atoms with Crippen LogP contribution in [0.5, 0.6) is 0 Å². The van der Waals surface area contributed by atoms with Crippen LogP contribution >= 0.6 is 0 Å². The van der Waals surface area contributed by atoms with Crippen molar-refractivity contribution in [2.24, 2.45) is 0 Å². The molecule has 0 amide bonds. The first-order valence-electron chi connectivity index (χ1n) is 5.81. The summed E-state index contributed by atoms with van der Waals surface area (Å²) in [4.78, 5) is 0. The number of rotatable bonds is 3. The van der Waals surface area contributed by atoms with Gasteiger partial charge in [-0.15, -0.1) is 0 Å². The van der Waals surface area contributed by atoms with E-state index < -0.39 is 0 Å². The SMILES string of the molecule is CC1CCC(CNC2CCOCC2)O1. The lowest BCUT2D eigenvalue weighted by molar-refractivity contribution is 0.0440. The summed E-state index contributed by atoms with van der Waals surface area (Å²) in [6.45, 7) is 5.02. The van der Waals surface area contributed by atoms with Gasteiger partial charge in [0, 0.05) is 25.8 Å². The van der Waals surface area contributed by atoms with Crippen LogP contribution < -0.4 is 5.32 Å². The zero-order valence-corrected chi connectivity index (χ0v) is 9.00. The Morgan fingerprint density at radius 3 is 2.57 bits per heavy atom. The molecule has 3 nitrogen and oxygen atoms in total. The van der Waals surface area contributed by atoms with Gasteiger partial charge in [0.05, 0.1) is 12.2 Å². The lowest BCUT2D eigenvalue weighted by atomic mass is 10.1. The average Bonchev–Trinajstić information content (AvgIpc) is 2.63. The van der Waals surface area contributed by atoms with Crippen LogP contribution in [0, 0.1) is 0 Å². The van der Waals surface area contributed by atoms with E-state index in [9.17, 15) is 0 Å². The number of hydrogen-bond donors (Lipinski definition) is 1. The van der Waals surface area contributed by atoms with E-state index in [1.165, 1.54) is 12.8 Å². The zero-order valence-electron chi connectivity index (χ0n) is 9.00. The van der Waals surface area contributed by atoms with Crippen molar-refractivity contribution < 1.29 is 9.47 Å². The molecule has 2 heterocycles. The molecule has 0 aromatic heterocycles. The second kappa shape index (κ2) is 5.10. The molecule has 0 aliphatic carbocycles. The Kier molecular flexibility index (Phi) is 3.79. The molecule has 0 spiro atoms. The number of hydrogen-bond acceptors (Lipinski definition) is 3. The van der Waals surface area contributed by atoms with Gasteiger partial charge in [-0.1, -0.05) is 0 Å². The molecular formula is C11H21NO2. The molecule has 2 fully saturated rings. The van der Waals surface area contributed by atoms with Gasteiger partial charge < -0.3 is 14.8 Å². The van der Waals surface area contributed by atoms with Crippen molar-refractivity contribution in [2.45, 2.75) is 50.9 Å². The standard InChI is InChI=1S/C11H21NO2/c1-9-2-3-11(14-9)8-12-10-4-6-13-7-5-10/h9-12H,2-8H2,1H3. The summed E-state index contributed by atoms with van der Waals surface area (Å²) in [5.74, 6) is 0. The fourth-order valence-electron chi connectivity index (χ4n) is 2.24. The highest BCUT2D eigenvalue weighted by molar-refractivity contribution is 4.76. The van der Waals surface area contributed by atoms with Gasteiger partial charge in [-0.05, 0) is 32.6 Å². The van der Waals surface area contributed by atoms with Crippen LogP contribution in [0.15, 0.2) is 0 Å². The van der Waals surface area contributed by atoms with Gasteiger partial charge in [-0.3, -0.25) is 0 Å². The molecule has 3 heteroatoms. The van der Waals surface area contributed by atoms with Crippen molar-refractivity contribution >= 4 is 0 Å². The number of ether oxygens (including phenoxy) is 2. The van der Waals surface area contributed by atoms with Gasteiger partial charge in [-0.2, -0.15) is 0 Å². The molecule has 0 aromatic rings. The van der Waals surface area contributed by atoms with E-state index in [0.717, 1.165) is 32.6 Å². The first-order chi connectivity index (χ1) is 6.84. The topological polar surface area (TPSA) is 30.5 Å². The van der Waals surface area contributed by atoms with Gasteiger partial charge in [0.25, 0.3) is 0 Å². The van der Waals surface area contributed by atoms with Crippen molar-refractivity contribution in [3.63, 3.8) is 0 Å². The Morgan fingerprint density at radius 1 is 1.14 bits per heavy atom. The summed E-state index contributed by atoms with van der Waals surface area (Å²) < 4.78 is 11.1. The maximum Gasteiger partial charge on any atom is 0.0704 e. The highest BCUT2D eigenvalue weighted by Gasteiger charge is 2.22. The Hall–Kier alpha value is -0.120. The van der Waals surface area contributed by atoms with Crippen molar-refractivity contribution in [3.8, 4) is 0 Å². The van der Waals surface area contributed by atoms with E-state index in [-0.39, 0.29) is 0 Å². The molecule has 2 unspecified atom stereocenters. The van der Waals surface area contributed by atoms with Crippen molar-refractivity contribution in [1.82, 2.24) is 5.32 Å². The molecule has 1 N–H and O–H groups in total. The van der Waals surface area contributed by atoms with Crippen LogP contribution in [0.25, 0.3) is 0 Å². The molecule has 0 bridgehead atoms. The lowest BCUT2D eigenvalue weighted by Gasteiger charge is -2.24. The van der Waals surface area contributed by atoms with E-state index in [1.807, 2.05) is 0 Å². The Morgan fingerprint density at radius 2 is 1.93 bits per heavy atom. The normalized spacial score (nSPS) is 34.9. The molecule has 2 aliphatic rings. The first kappa shape index (κ1) is 10.4. The van der Waals surface area contributed by atoms with Crippen molar-refractivity contribution in [1.29, 1.82) is 0 Å². The molecule has 2 aliphatic heterocycles. The van der Waals surface area contributed by atoms with Gasteiger partial charge in [0.15, 0.2) is 0 Å². The van der Waals surface area contributed by atoms with Crippen LogP contribution in [0.3, 0.4) is 0 Å². The smallest absolute Gasteiger partial charge is 0.0704 e.